The maximum Gasteiger partial charge on any atom is 0.163 e. The van der Waals surface area contributed by atoms with Crippen molar-refractivity contribution in [2.24, 2.45) is 0 Å². The Morgan fingerprint density at radius 3 is 2.37 bits per heavy atom. The Hall–Kier alpha value is -3.47. The summed E-state index contributed by atoms with van der Waals surface area (Å²) in [4.78, 5) is 13.3. The van der Waals surface area contributed by atoms with Crippen LogP contribution in [0.4, 0.5) is 20.2 Å². The quantitative estimate of drug-likeness (QED) is 0.557. The molecule has 0 unspecified atom stereocenters. The summed E-state index contributed by atoms with van der Waals surface area (Å²) in [5.41, 5.74) is 4.01. The smallest absolute Gasteiger partial charge is 0.163 e. The van der Waals surface area contributed by atoms with E-state index in [2.05, 4.69) is 10.6 Å². The molecule has 0 saturated heterocycles. The molecule has 0 bridgehead atoms. The van der Waals surface area contributed by atoms with Crippen LogP contribution in [0.5, 0.6) is 0 Å². The van der Waals surface area contributed by atoms with Crippen LogP contribution >= 0.6 is 0 Å². The maximum absolute atomic E-state index is 14.7. The van der Waals surface area contributed by atoms with Crippen LogP contribution < -0.4 is 10.6 Å². The van der Waals surface area contributed by atoms with Gasteiger partial charge in [0.2, 0.25) is 0 Å². The molecule has 3 aromatic rings. The van der Waals surface area contributed by atoms with Crippen LogP contribution in [0.25, 0.3) is 0 Å². The number of benzene rings is 3. The third kappa shape index (κ3) is 3.26. The predicted molar refractivity (Wildman–Crippen MR) is 113 cm³/mol. The normalized spacial score (nSPS) is 20.5. The second-order valence-electron chi connectivity index (χ2n) is 7.75. The van der Waals surface area contributed by atoms with Gasteiger partial charge in [-0.3, -0.25) is 4.79 Å². The van der Waals surface area contributed by atoms with E-state index in [1.54, 1.807) is 0 Å². The molecule has 3 nitrogen and oxygen atoms in total. The van der Waals surface area contributed by atoms with Crippen molar-refractivity contribution in [3.05, 3.63) is 107 Å². The molecule has 150 valence electrons. The number of anilines is 2. The van der Waals surface area contributed by atoms with Crippen molar-refractivity contribution in [3.63, 3.8) is 0 Å². The van der Waals surface area contributed by atoms with Gasteiger partial charge < -0.3 is 10.6 Å². The molecular weight excluding hydrogens is 382 g/mol. The zero-order valence-electron chi connectivity index (χ0n) is 16.2. The SMILES string of the molecule is O=C1C[C@H](c2ccccc2)CC2=C1[C@H](c1cc(F)ccc1F)Nc1ccccc1N2. The van der Waals surface area contributed by atoms with Crippen LogP contribution in [-0.2, 0) is 4.79 Å². The van der Waals surface area contributed by atoms with Crippen LogP contribution in [0.15, 0.2) is 84.1 Å². The average molecular weight is 402 g/mol. The van der Waals surface area contributed by atoms with Gasteiger partial charge in [-0.15, -0.1) is 0 Å². The molecular formula is C25H20F2N2O. The Kier molecular flexibility index (Phi) is 4.58. The molecule has 1 aliphatic heterocycles. The molecule has 3 aromatic carbocycles. The summed E-state index contributed by atoms with van der Waals surface area (Å²) in [6.45, 7) is 0. The van der Waals surface area contributed by atoms with Crippen LogP contribution in [-0.4, -0.2) is 5.78 Å². The highest BCUT2D eigenvalue weighted by Crippen LogP contribution is 2.44. The third-order valence-electron chi connectivity index (χ3n) is 5.85. The van der Waals surface area contributed by atoms with Gasteiger partial charge in [0, 0.05) is 23.3 Å². The number of nitrogens with one attached hydrogen (secondary N) is 2. The maximum atomic E-state index is 14.7. The number of halogens is 2. The lowest BCUT2D eigenvalue weighted by Gasteiger charge is -2.30. The minimum absolute atomic E-state index is 0.0354. The van der Waals surface area contributed by atoms with Gasteiger partial charge >= 0.3 is 0 Å². The van der Waals surface area contributed by atoms with E-state index in [1.807, 2.05) is 54.6 Å². The van der Waals surface area contributed by atoms with E-state index in [1.165, 1.54) is 6.07 Å². The van der Waals surface area contributed by atoms with Gasteiger partial charge in [-0.2, -0.15) is 0 Å². The number of allylic oxidation sites excluding steroid dienone is 1. The Morgan fingerprint density at radius 1 is 0.833 bits per heavy atom. The van der Waals surface area contributed by atoms with Gasteiger partial charge in [-0.1, -0.05) is 42.5 Å². The van der Waals surface area contributed by atoms with Crippen LogP contribution in [0, 0.1) is 11.6 Å². The van der Waals surface area contributed by atoms with Gasteiger partial charge in [-0.05, 0) is 48.2 Å². The molecule has 0 amide bonds. The first-order valence-corrected chi connectivity index (χ1v) is 9.99. The second kappa shape index (κ2) is 7.41. The Labute approximate surface area is 173 Å². The minimum Gasteiger partial charge on any atom is -0.372 e. The predicted octanol–water partition coefficient (Wildman–Crippen LogP) is 5.94. The summed E-state index contributed by atoms with van der Waals surface area (Å²) >= 11 is 0. The molecule has 0 fully saturated rings. The summed E-state index contributed by atoms with van der Waals surface area (Å²) in [6, 6.07) is 20.1. The summed E-state index contributed by atoms with van der Waals surface area (Å²) in [5.74, 6) is -1.11. The standard InChI is InChI=1S/C25H20F2N2O/c26-17-10-11-19(27)18(14-17)25-24-22(28-20-8-4-5-9-21(20)29-25)12-16(13-23(24)30)15-6-2-1-3-7-15/h1-11,14,16,25,28-29H,12-13H2/t16-,25+/m1/s1. The highest BCUT2D eigenvalue weighted by Gasteiger charge is 2.37. The molecule has 2 aliphatic rings. The first-order chi connectivity index (χ1) is 14.6. The lowest BCUT2D eigenvalue weighted by atomic mass is 9.78. The van der Waals surface area contributed by atoms with Crippen molar-refractivity contribution in [3.8, 4) is 0 Å². The van der Waals surface area contributed by atoms with Gasteiger partial charge in [0.25, 0.3) is 0 Å². The fraction of sp³-hybridized carbons (Fsp3) is 0.160. The van der Waals surface area contributed by atoms with Crippen LogP contribution in [0.2, 0.25) is 0 Å². The fourth-order valence-electron chi connectivity index (χ4n) is 4.42. The number of ketones is 1. The van der Waals surface area contributed by atoms with E-state index in [4.69, 9.17) is 0 Å². The average Bonchev–Trinajstić information content (AvgIpc) is 2.93. The number of carbonyl (C=O) groups is 1. The van der Waals surface area contributed by atoms with Crippen molar-refractivity contribution in [2.75, 3.05) is 10.6 Å². The summed E-state index contributed by atoms with van der Waals surface area (Å²) in [7, 11) is 0. The molecule has 0 spiro atoms. The van der Waals surface area contributed by atoms with E-state index in [9.17, 15) is 13.6 Å². The van der Waals surface area contributed by atoms with Gasteiger partial charge in [-0.25, -0.2) is 8.78 Å². The molecule has 2 N–H and O–H groups in total. The van der Waals surface area contributed by atoms with Gasteiger partial charge in [0.05, 0.1) is 17.4 Å². The van der Waals surface area contributed by atoms with Crippen molar-refractivity contribution >= 4 is 17.2 Å². The number of carbonyl (C=O) groups excluding carboxylic acids is 1. The minimum atomic E-state index is -0.768. The number of Topliss-reactive ketones (excluding diaryl/α,β-unsaturated/α-hetero) is 1. The zero-order chi connectivity index (χ0) is 20.7. The number of para-hydroxylation sites is 2. The first kappa shape index (κ1) is 18.6. The largest absolute Gasteiger partial charge is 0.372 e. The third-order valence-corrected chi connectivity index (χ3v) is 5.85. The number of hydrogen-bond acceptors (Lipinski definition) is 3. The van der Waals surface area contributed by atoms with E-state index < -0.39 is 17.7 Å². The molecule has 1 aliphatic carbocycles. The van der Waals surface area contributed by atoms with Crippen LogP contribution in [0.1, 0.15) is 35.9 Å². The van der Waals surface area contributed by atoms with Gasteiger partial charge in [0.15, 0.2) is 5.78 Å². The van der Waals surface area contributed by atoms with Gasteiger partial charge in [0.1, 0.15) is 11.6 Å². The summed E-state index contributed by atoms with van der Waals surface area (Å²) in [6.07, 6.45) is 0.949. The Balaban J connectivity index is 1.65. The number of fused-ring (bicyclic) bond motifs is 1. The van der Waals surface area contributed by atoms with E-state index in [0.29, 0.717) is 18.4 Å². The van der Waals surface area contributed by atoms with E-state index >= 15 is 0 Å². The highest BCUT2D eigenvalue weighted by atomic mass is 19.1. The highest BCUT2D eigenvalue weighted by molar-refractivity contribution is 6.01. The number of rotatable bonds is 2. The first-order valence-electron chi connectivity index (χ1n) is 9.99. The van der Waals surface area contributed by atoms with Crippen molar-refractivity contribution in [2.45, 2.75) is 24.8 Å². The van der Waals surface area contributed by atoms with E-state index in [-0.39, 0.29) is 17.3 Å². The molecule has 0 radical (unpaired) electrons. The Bertz CT molecular complexity index is 1160. The van der Waals surface area contributed by atoms with Crippen molar-refractivity contribution in [1.82, 2.24) is 0 Å². The zero-order valence-corrected chi connectivity index (χ0v) is 16.2. The van der Waals surface area contributed by atoms with Crippen molar-refractivity contribution < 1.29 is 13.6 Å². The summed E-state index contributed by atoms with van der Waals surface area (Å²) < 4.78 is 28.7. The topological polar surface area (TPSA) is 41.1 Å². The Morgan fingerprint density at radius 2 is 1.57 bits per heavy atom. The monoisotopic (exact) mass is 402 g/mol. The number of hydrogen-bond donors (Lipinski definition) is 2. The summed E-state index contributed by atoms with van der Waals surface area (Å²) in [5, 5.41) is 6.69. The van der Waals surface area contributed by atoms with Crippen LogP contribution in [0.3, 0.4) is 0 Å². The molecule has 5 rings (SSSR count). The van der Waals surface area contributed by atoms with E-state index in [0.717, 1.165) is 34.8 Å². The molecule has 5 heteroatoms. The lowest BCUT2D eigenvalue weighted by molar-refractivity contribution is -0.116. The molecule has 0 aromatic heterocycles. The molecule has 30 heavy (non-hydrogen) atoms. The second-order valence-corrected chi connectivity index (χ2v) is 7.75. The fourth-order valence-corrected chi connectivity index (χ4v) is 4.42. The lowest BCUT2D eigenvalue weighted by Crippen LogP contribution is -2.27. The molecule has 1 heterocycles. The molecule has 2 atom stereocenters. The van der Waals surface area contributed by atoms with Crippen molar-refractivity contribution in [1.29, 1.82) is 0 Å². The molecule has 0 saturated carbocycles.